The lowest BCUT2D eigenvalue weighted by Crippen LogP contribution is -2.54. The molecule has 0 radical (unpaired) electrons. The lowest BCUT2D eigenvalue weighted by molar-refractivity contribution is -0.132. The maximum atomic E-state index is 15.6. The summed E-state index contributed by atoms with van der Waals surface area (Å²) in [6, 6.07) is 23.1. The molecule has 256 valence electrons. The van der Waals surface area contributed by atoms with E-state index >= 15 is 4.39 Å². The molecular formula is C39H39F4N3O3. The number of nitrogens with one attached hydrogen (secondary N) is 1. The summed E-state index contributed by atoms with van der Waals surface area (Å²) in [6.45, 7) is 5.20. The zero-order valence-electron chi connectivity index (χ0n) is 27.5. The van der Waals surface area contributed by atoms with Crippen LogP contribution in [-0.4, -0.2) is 41.4 Å². The number of carbonyl (C=O) groups excluding carboxylic acids is 2. The zero-order valence-corrected chi connectivity index (χ0v) is 27.5. The van der Waals surface area contributed by atoms with Crippen LogP contribution in [0.15, 0.2) is 84.9 Å². The Morgan fingerprint density at radius 2 is 1.45 bits per heavy atom. The molecule has 1 saturated carbocycles. The van der Waals surface area contributed by atoms with Gasteiger partial charge in [0.25, 0.3) is 11.8 Å². The molecule has 2 aliphatic rings. The second-order valence-corrected chi connectivity index (χ2v) is 13.3. The number of halogens is 4. The van der Waals surface area contributed by atoms with Gasteiger partial charge in [-0.05, 0) is 55.5 Å². The minimum absolute atomic E-state index is 0.0298. The molecule has 4 aromatic carbocycles. The van der Waals surface area contributed by atoms with Crippen molar-refractivity contribution in [3.63, 3.8) is 0 Å². The first kappa shape index (κ1) is 34.2. The standard InChI is InChI=1S/C39H39F4N3O3/c1-39(2)38(48)46(18-17-45(23-25-11-5-3-6-12-25)24-26-13-7-4-8-14-26)35-20-29(31(41)22-36(35)49-39)37(47)44-34-16-10-9-15-27(34)28-19-32(42)33(43)21-30(28)40/h3-8,11-14,19-22,27,34H,9-10,15-18,23-24H2,1-2H3,(H,44,47)/t27-,34+/m1/s1. The van der Waals surface area contributed by atoms with Gasteiger partial charge in [-0.25, -0.2) is 17.6 Å². The lowest BCUT2D eigenvalue weighted by Gasteiger charge is -2.40. The van der Waals surface area contributed by atoms with Crippen LogP contribution in [-0.2, 0) is 17.9 Å². The SMILES string of the molecule is CC1(C)Oc2cc(F)c(C(=O)N[C@H]3CCCC[C@@H]3c3cc(F)c(F)cc3F)cc2N(CCN(Cc2ccccc2)Cc2ccccc2)C1=O. The van der Waals surface area contributed by atoms with Crippen LogP contribution in [0.2, 0.25) is 0 Å². The number of hydrogen-bond acceptors (Lipinski definition) is 4. The molecule has 2 amide bonds. The Morgan fingerprint density at radius 3 is 2.10 bits per heavy atom. The molecule has 0 spiro atoms. The van der Waals surface area contributed by atoms with E-state index in [1.807, 2.05) is 60.7 Å². The van der Waals surface area contributed by atoms with Crippen LogP contribution in [0.3, 0.4) is 0 Å². The van der Waals surface area contributed by atoms with E-state index in [1.165, 1.54) is 11.0 Å². The number of carbonyl (C=O) groups is 2. The first-order valence-electron chi connectivity index (χ1n) is 16.6. The number of benzene rings is 4. The summed E-state index contributed by atoms with van der Waals surface area (Å²) < 4.78 is 64.2. The van der Waals surface area contributed by atoms with Crippen molar-refractivity contribution in [1.29, 1.82) is 0 Å². The van der Waals surface area contributed by atoms with Crippen molar-refractivity contribution in [3.05, 3.63) is 130 Å². The van der Waals surface area contributed by atoms with E-state index in [1.54, 1.807) is 13.8 Å². The number of rotatable bonds is 10. The highest BCUT2D eigenvalue weighted by atomic mass is 19.2. The summed E-state index contributed by atoms with van der Waals surface area (Å²) in [5.41, 5.74) is 0.868. The molecule has 4 aromatic rings. The van der Waals surface area contributed by atoms with Crippen molar-refractivity contribution in [2.45, 2.75) is 70.2 Å². The van der Waals surface area contributed by atoms with Gasteiger partial charge in [-0.1, -0.05) is 73.5 Å². The molecule has 6 nitrogen and oxygen atoms in total. The Morgan fingerprint density at radius 1 is 0.837 bits per heavy atom. The third-order valence-electron chi connectivity index (χ3n) is 9.37. The average Bonchev–Trinajstić information content (AvgIpc) is 3.07. The van der Waals surface area contributed by atoms with E-state index in [0.717, 1.165) is 23.3 Å². The van der Waals surface area contributed by atoms with Gasteiger partial charge < -0.3 is 15.0 Å². The van der Waals surface area contributed by atoms with Crippen LogP contribution in [0.5, 0.6) is 5.75 Å². The van der Waals surface area contributed by atoms with Gasteiger partial charge in [-0.2, -0.15) is 0 Å². The zero-order chi connectivity index (χ0) is 34.7. The second kappa shape index (κ2) is 14.4. The van der Waals surface area contributed by atoms with E-state index in [9.17, 15) is 22.8 Å². The second-order valence-electron chi connectivity index (χ2n) is 13.3. The molecule has 1 N–H and O–H groups in total. The van der Waals surface area contributed by atoms with Crippen molar-refractivity contribution < 1.29 is 31.9 Å². The van der Waals surface area contributed by atoms with E-state index in [-0.39, 0.29) is 35.0 Å². The molecule has 1 fully saturated rings. The molecule has 1 heterocycles. The maximum absolute atomic E-state index is 15.6. The summed E-state index contributed by atoms with van der Waals surface area (Å²) in [4.78, 5) is 31.2. The molecule has 2 atom stereocenters. The Hall–Kier alpha value is -4.70. The molecule has 1 aliphatic carbocycles. The Balaban J connectivity index is 1.26. The van der Waals surface area contributed by atoms with Crippen molar-refractivity contribution in [1.82, 2.24) is 10.2 Å². The van der Waals surface area contributed by atoms with Gasteiger partial charge in [-0.3, -0.25) is 14.5 Å². The lowest BCUT2D eigenvalue weighted by atomic mass is 9.79. The van der Waals surface area contributed by atoms with E-state index in [4.69, 9.17) is 4.74 Å². The van der Waals surface area contributed by atoms with E-state index in [2.05, 4.69) is 10.2 Å². The molecular weight excluding hydrogens is 634 g/mol. The number of nitrogens with zero attached hydrogens (tertiary/aromatic N) is 2. The third kappa shape index (κ3) is 7.64. The summed E-state index contributed by atoms with van der Waals surface area (Å²) in [7, 11) is 0. The Labute approximate surface area is 283 Å². The van der Waals surface area contributed by atoms with Gasteiger partial charge in [0.2, 0.25) is 0 Å². The molecule has 1 aliphatic heterocycles. The smallest absolute Gasteiger partial charge is 0.270 e. The van der Waals surface area contributed by atoms with Crippen LogP contribution in [0.1, 0.15) is 72.5 Å². The van der Waals surface area contributed by atoms with Gasteiger partial charge in [0.05, 0.1) is 11.3 Å². The molecule has 0 saturated heterocycles. The minimum atomic E-state index is -1.29. The van der Waals surface area contributed by atoms with Crippen LogP contribution in [0, 0.1) is 23.3 Å². The predicted octanol–water partition coefficient (Wildman–Crippen LogP) is 7.91. The number of anilines is 1. The van der Waals surface area contributed by atoms with Crippen LogP contribution >= 0.6 is 0 Å². The monoisotopic (exact) mass is 673 g/mol. The van der Waals surface area contributed by atoms with E-state index < -0.39 is 46.7 Å². The van der Waals surface area contributed by atoms with Crippen molar-refractivity contribution in [3.8, 4) is 5.75 Å². The summed E-state index contributed by atoms with van der Waals surface area (Å²) >= 11 is 0. The highest BCUT2D eigenvalue weighted by molar-refractivity contribution is 6.04. The average molecular weight is 674 g/mol. The quantitative estimate of drug-likeness (QED) is 0.137. The van der Waals surface area contributed by atoms with Crippen LogP contribution in [0.25, 0.3) is 0 Å². The number of fused-ring (bicyclic) bond motifs is 1. The number of amides is 2. The number of hydrogen-bond donors (Lipinski definition) is 1. The first-order valence-corrected chi connectivity index (χ1v) is 16.6. The summed E-state index contributed by atoms with van der Waals surface area (Å²) in [5, 5.41) is 2.83. The fraction of sp³-hybridized carbons (Fsp3) is 0.333. The minimum Gasteiger partial charge on any atom is -0.476 e. The molecule has 0 aromatic heterocycles. The molecule has 0 unspecified atom stereocenters. The molecule has 6 rings (SSSR count). The van der Waals surface area contributed by atoms with Gasteiger partial charge in [0, 0.05) is 50.3 Å². The fourth-order valence-electron chi connectivity index (χ4n) is 6.87. The molecule has 0 bridgehead atoms. The predicted molar refractivity (Wildman–Crippen MR) is 179 cm³/mol. The van der Waals surface area contributed by atoms with Gasteiger partial charge in [-0.15, -0.1) is 0 Å². The van der Waals surface area contributed by atoms with Crippen molar-refractivity contribution in [2.75, 3.05) is 18.0 Å². The fourth-order valence-corrected chi connectivity index (χ4v) is 6.87. The normalized spacial score (nSPS) is 18.6. The van der Waals surface area contributed by atoms with Crippen LogP contribution in [0.4, 0.5) is 23.2 Å². The first-order chi connectivity index (χ1) is 23.5. The largest absolute Gasteiger partial charge is 0.476 e. The Kier molecular flexibility index (Phi) is 10.1. The summed E-state index contributed by atoms with van der Waals surface area (Å²) in [5.74, 6) is -5.79. The van der Waals surface area contributed by atoms with Crippen molar-refractivity contribution in [2.24, 2.45) is 0 Å². The van der Waals surface area contributed by atoms with Crippen LogP contribution < -0.4 is 15.0 Å². The summed E-state index contributed by atoms with van der Waals surface area (Å²) in [6.07, 6.45) is 2.31. The maximum Gasteiger partial charge on any atom is 0.270 e. The van der Waals surface area contributed by atoms with Gasteiger partial charge in [0.1, 0.15) is 17.4 Å². The van der Waals surface area contributed by atoms with Gasteiger partial charge >= 0.3 is 0 Å². The number of ether oxygens (including phenoxy) is 1. The highest BCUT2D eigenvalue weighted by Crippen LogP contribution is 2.40. The molecule has 10 heteroatoms. The van der Waals surface area contributed by atoms with E-state index in [0.29, 0.717) is 51.4 Å². The van der Waals surface area contributed by atoms with Gasteiger partial charge in [0.15, 0.2) is 17.2 Å². The molecule has 49 heavy (non-hydrogen) atoms. The highest BCUT2D eigenvalue weighted by Gasteiger charge is 2.42. The van der Waals surface area contributed by atoms with Crippen molar-refractivity contribution >= 4 is 17.5 Å². The Bertz CT molecular complexity index is 1780. The third-order valence-corrected chi connectivity index (χ3v) is 9.37. The topological polar surface area (TPSA) is 61.9 Å².